The van der Waals surface area contributed by atoms with Gasteiger partial charge in [0.1, 0.15) is 17.3 Å². The summed E-state index contributed by atoms with van der Waals surface area (Å²) in [5.74, 6) is -0.350. The number of nitrogens with zero attached hydrogens (tertiary/aromatic N) is 2. The van der Waals surface area contributed by atoms with Gasteiger partial charge in [-0.15, -0.1) is 0 Å². The zero-order chi connectivity index (χ0) is 24.0. The number of ketones is 1. The predicted octanol–water partition coefficient (Wildman–Crippen LogP) is 3.86. The molecule has 1 saturated heterocycles. The third kappa shape index (κ3) is 5.20. The highest BCUT2D eigenvalue weighted by molar-refractivity contribution is 6.46. The average Bonchev–Trinajstić information content (AvgIpc) is 3.11. The van der Waals surface area contributed by atoms with Crippen molar-refractivity contribution in [3.8, 4) is 11.5 Å². The van der Waals surface area contributed by atoms with Crippen LogP contribution in [0.25, 0.3) is 5.76 Å². The highest BCUT2D eigenvalue weighted by Gasteiger charge is 2.45. The first-order valence-electron chi connectivity index (χ1n) is 11.2. The second-order valence-electron chi connectivity index (χ2n) is 7.88. The number of benzene rings is 2. The fourth-order valence-corrected chi connectivity index (χ4v) is 4.20. The Morgan fingerprint density at radius 1 is 1.00 bits per heavy atom. The fraction of sp³-hybridized carbons (Fsp3) is 0.385. The smallest absolute Gasteiger partial charge is 0.295 e. The number of aliphatic hydroxyl groups excluding tert-OH is 1. The first kappa shape index (κ1) is 24.3. The number of rotatable bonds is 10. The van der Waals surface area contributed by atoms with Gasteiger partial charge < -0.3 is 24.4 Å². The number of ether oxygens (including phenoxy) is 2. The number of hydrogen-bond donors (Lipinski definition) is 1. The molecule has 0 spiro atoms. The molecular formula is C26H32N2O5. The molecule has 0 bridgehead atoms. The molecule has 176 valence electrons. The van der Waals surface area contributed by atoms with E-state index < -0.39 is 17.7 Å². The van der Waals surface area contributed by atoms with Crippen LogP contribution in [-0.2, 0) is 9.59 Å². The van der Waals surface area contributed by atoms with Gasteiger partial charge in [-0.3, -0.25) is 9.59 Å². The van der Waals surface area contributed by atoms with Crippen LogP contribution in [0.4, 0.5) is 0 Å². The molecule has 33 heavy (non-hydrogen) atoms. The van der Waals surface area contributed by atoms with Crippen molar-refractivity contribution in [3.05, 3.63) is 65.2 Å². The first-order valence-corrected chi connectivity index (χ1v) is 11.2. The van der Waals surface area contributed by atoms with Crippen molar-refractivity contribution < 1.29 is 24.2 Å². The molecule has 1 aliphatic heterocycles. The largest absolute Gasteiger partial charge is 0.507 e. The molecule has 7 heteroatoms. The van der Waals surface area contributed by atoms with Gasteiger partial charge in [-0.1, -0.05) is 38.1 Å². The lowest BCUT2D eigenvalue weighted by Crippen LogP contribution is -2.33. The van der Waals surface area contributed by atoms with Crippen LogP contribution < -0.4 is 9.47 Å². The van der Waals surface area contributed by atoms with Crippen LogP contribution in [0.2, 0.25) is 0 Å². The van der Waals surface area contributed by atoms with Gasteiger partial charge in [0.2, 0.25) is 0 Å². The van der Waals surface area contributed by atoms with Crippen LogP contribution >= 0.6 is 0 Å². The lowest BCUT2D eigenvalue weighted by Gasteiger charge is -2.27. The van der Waals surface area contributed by atoms with Gasteiger partial charge in [0.25, 0.3) is 11.7 Å². The Balaban J connectivity index is 2.06. The predicted molar refractivity (Wildman–Crippen MR) is 127 cm³/mol. The number of methoxy groups -OCH3 is 2. The molecule has 2 aromatic carbocycles. The van der Waals surface area contributed by atoms with E-state index in [0.29, 0.717) is 35.6 Å². The van der Waals surface area contributed by atoms with Crippen LogP contribution in [0.1, 0.15) is 37.4 Å². The van der Waals surface area contributed by atoms with E-state index in [2.05, 4.69) is 18.7 Å². The summed E-state index contributed by atoms with van der Waals surface area (Å²) >= 11 is 0. The SMILES string of the molecule is CCN(CC)CCCN1C(=O)C(=O)/C(=C(/O)c2cccc(OC)c2)[C@H]1c1cccc(OC)c1. The van der Waals surface area contributed by atoms with E-state index in [9.17, 15) is 14.7 Å². The van der Waals surface area contributed by atoms with E-state index in [1.54, 1.807) is 48.4 Å². The van der Waals surface area contributed by atoms with E-state index in [-0.39, 0.29) is 11.3 Å². The highest BCUT2D eigenvalue weighted by Crippen LogP contribution is 2.40. The Kier molecular flexibility index (Phi) is 8.11. The molecule has 0 unspecified atom stereocenters. The molecule has 3 rings (SSSR count). The summed E-state index contributed by atoms with van der Waals surface area (Å²) in [6.45, 7) is 7.25. The summed E-state index contributed by atoms with van der Waals surface area (Å²) in [5.41, 5.74) is 1.20. The van der Waals surface area contributed by atoms with E-state index >= 15 is 0 Å². The summed E-state index contributed by atoms with van der Waals surface area (Å²) in [6.07, 6.45) is 0.717. The molecule has 1 amide bonds. The molecule has 1 heterocycles. The average molecular weight is 453 g/mol. The molecule has 7 nitrogen and oxygen atoms in total. The molecule has 0 saturated carbocycles. The quantitative estimate of drug-likeness (QED) is 0.335. The van der Waals surface area contributed by atoms with E-state index in [1.807, 2.05) is 12.1 Å². The Hall–Kier alpha value is -3.32. The van der Waals surface area contributed by atoms with Crippen LogP contribution in [0, 0.1) is 0 Å². The van der Waals surface area contributed by atoms with Crippen molar-refractivity contribution >= 4 is 17.4 Å². The maximum absolute atomic E-state index is 13.2. The number of carbonyl (C=O) groups is 2. The summed E-state index contributed by atoms with van der Waals surface area (Å²) < 4.78 is 10.6. The molecule has 0 aliphatic carbocycles. The van der Waals surface area contributed by atoms with Crippen LogP contribution in [0.3, 0.4) is 0 Å². The molecular weight excluding hydrogens is 420 g/mol. The number of aliphatic hydroxyl groups is 1. The second kappa shape index (κ2) is 11.0. The van der Waals surface area contributed by atoms with Gasteiger partial charge in [-0.2, -0.15) is 0 Å². The van der Waals surface area contributed by atoms with Crippen molar-refractivity contribution in [2.45, 2.75) is 26.3 Å². The lowest BCUT2D eigenvalue weighted by molar-refractivity contribution is -0.140. The first-order chi connectivity index (χ1) is 15.9. The number of Topliss-reactive ketones (excluding diaryl/α,β-unsaturated/α-hetero) is 1. The molecule has 1 atom stereocenters. The third-order valence-electron chi connectivity index (χ3n) is 6.06. The Morgan fingerprint density at radius 2 is 1.64 bits per heavy atom. The topological polar surface area (TPSA) is 79.3 Å². The summed E-state index contributed by atoms with van der Waals surface area (Å²) in [7, 11) is 3.10. The zero-order valence-corrected chi connectivity index (χ0v) is 19.7. The Morgan fingerprint density at radius 3 is 2.27 bits per heavy atom. The zero-order valence-electron chi connectivity index (χ0n) is 19.7. The minimum atomic E-state index is -0.706. The van der Waals surface area contributed by atoms with Crippen molar-refractivity contribution in [1.82, 2.24) is 9.80 Å². The highest BCUT2D eigenvalue weighted by atomic mass is 16.5. The molecule has 1 fully saturated rings. The van der Waals surface area contributed by atoms with E-state index in [0.717, 1.165) is 19.6 Å². The molecule has 0 radical (unpaired) electrons. The van der Waals surface area contributed by atoms with Gasteiger partial charge in [-0.25, -0.2) is 0 Å². The fourth-order valence-electron chi connectivity index (χ4n) is 4.20. The van der Waals surface area contributed by atoms with Gasteiger partial charge in [0, 0.05) is 12.1 Å². The van der Waals surface area contributed by atoms with Crippen LogP contribution in [0.5, 0.6) is 11.5 Å². The van der Waals surface area contributed by atoms with Crippen molar-refractivity contribution in [1.29, 1.82) is 0 Å². The minimum absolute atomic E-state index is 0.0735. The Bertz CT molecular complexity index is 1030. The van der Waals surface area contributed by atoms with Crippen LogP contribution in [-0.4, -0.2) is 67.0 Å². The Labute approximate surface area is 195 Å². The normalized spacial score (nSPS) is 17.6. The van der Waals surface area contributed by atoms with Gasteiger partial charge in [0.15, 0.2) is 0 Å². The number of likely N-dealkylation sites (tertiary alicyclic amines) is 1. The summed E-state index contributed by atoms with van der Waals surface area (Å²) in [5, 5.41) is 11.2. The van der Waals surface area contributed by atoms with Crippen LogP contribution in [0.15, 0.2) is 54.1 Å². The lowest BCUT2D eigenvalue weighted by atomic mass is 9.95. The number of hydrogen-bond acceptors (Lipinski definition) is 6. The maximum atomic E-state index is 13.2. The summed E-state index contributed by atoms with van der Waals surface area (Å²) in [4.78, 5) is 30.1. The molecule has 1 N–H and O–H groups in total. The standard InChI is InChI=1S/C26H32N2O5/c1-5-27(6-2)14-9-15-28-23(18-10-7-12-20(16-18)32-3)22(25(30)26(28)31)24(29)19-11-8-13-21(17-19)33-4/h7-8,10-13,16-17,23,29H,5-6,9,14-15H2,1-4H3/b24-22+/t23-/m1/s1. The monoisotopic (exact) mass is 452 g/mol. The van der Waals surface area contributed by atoms with E-state index in [1.165, 1.54) is 7.11 Å². The molecule has 0 aromatic heterocycles. The second-order valence-corrected chi connectivity index (χ2v) is 7.88. The van der Waals surface area contributed by atoms with Crippen molar-refractivity contribution in [2.24, 2.45) is 0 Å². The third-order valence-corrected chi connectivity index (χ3v) is 6.06. The van der Waals surface area contributed by atoms with Gasteiger partial charge >= 0.3 is 0 Å². The summed E-state index contributed by atoms with van der Waals surface area (Å²) in [6, 6.07) is 13.4. The van der Waals surface area contributed by atoms with Gasteiger partial charge in [0.05, 0.1) is 25.8 Å². The maximum Gasteiger partial charge on any atom is 0.295 e. The van der Waals surface area contributed by atoms with E-state index in [4.69, 9.17) is 9.47 Å². The van der Waals surface area contributed by atoms with Crippen molar-refractivity contribution in [2.75, 3.05) is 40.4 Å². The number of amides is 1. The van der Waals surface area contributed by atoms with Crippen molar-refractivity contribution in [3.63, 3.8) is 0 Å². The molecule has 1 aliphatic rings. The minimum Gasteiger partial charge on any atom is -0.507 e. The molecule has 2 aromatic rings. The van der Waals surface area contributed by atoms with Gasteiger partial charge in [-0.05, 0) is 55.9 Å². The number of carbonyl (C=O) groups excluding carboxylic acids is 2.